The summed E-state index contributed by atoms with van der Waals surface area (Å²) in [4.78, 5) is 27.0. The summed E-state index contributed by atoms with van der Waals surface area (Å²) >= 11 is 0. The molecule has 3 heterocycles. The number of hydrogen-bond donors (Lipinski definition) is 2. The standard InChI is InChI=1S/C22H37N7O2/c1-27(2)21(30)18-26-22(24-9-12-28-13-15-31-16-14-28)25-17-19-5-10-29(11-6-19)20-3-7-23-8-4-20/h3-4,7-8,19H,5-6,9-18H2,1-2H3,(H2,24,25,26). The van der Waals surface area contributed by atoms with E-state index in [1.807, 2.05) is 12.4 Å². The Hall–Kier alpha value is -2.39. The van der Waals surface area contributed by atoms with E-state index in [1.165, 1.54) is 5.69 Å². The third-order valence-corrected chi connectivity index (χ3v) is 5.90. The molecule has 0 saturated carbocycles. The molecule has 0 spiro atoms. The number of rotatable bonds is 8. The monoisotopic (exact) mass is 431 g/mol. The lowest BCUT2D eigenvalue weighted by Gasteiger charge is -2.34. The van der Waals surface area contributed by atoms with Crippen LogP contribution in [0.1, 0.15) is 12.8 Å². The Bertz CT molecular complexity index is 684. The zero-order valence-electron chi connectivity index (χ0n) is 18.9. The number of nitrogens with one attached hydrogen (secondary N) is 2. The first kappa shape index (κ1) is 23.3. The molecule has 1 amide bonds. The molecule has 0 aliphatic carbocycles. The van der Waals surface area contributed by atoms with Crippen molar-refractivity contribution < 1.29 is 9.53 Å². The van der Waals surface area contributed by atoms with E-state index < -0.39 is 0 Å². The van der Waals surface area contributed by atoms with E-state index in [-0.39, 0.29) is 12.5 Å². The Kier molecular flexibility index (Phi) is 9.36. The van der Waals surface area contributed by atoms with Crippen molar-refractivity contribution >= 4 is 17.6 Å². The minimum absolute atomic E-state index is 0.0000571. The van der Waals surface area contributed by atoms with Crippen molar-refractivity contribution in [3.05, 3.63) is 24.5 Å². The van der Waals surface area contributed by atoms with Crippen LogP contribution in [0.5, 0.6) is 0 Å². The van der Waals surface area contributed by atoms with E-state index in [9.17, 15) is 4.79 Å². The summed E-state index contributed by atoms with van der Waals surface area (Å²) < 4.78 is 5.41. The van der Waals surface area contributed by atoms with Gasteiger partial charge in [0.25, 0.3) is 0 Å². The molecule has 0 unspecified atom stereocenters. The number of carbonyl (C=O) groups excluding carboxylic acids is 1. The van der Waals surface area contributed by atoms with Gasteiger partial charge in [-0.25, -0.2) is 4.99 Å². The zero-order chi connectivity index (χ0) is 21.9. The van der Waals surface area contributed by atoms with Crippen molar-refractivity contribution in [2.45, 2.75) is 12.8 Å². The molecule has 3 rings (SSSR count). The highest BCUT2D eigenvalue weighted by Crippen LogP contribution is 2.22. The van der Waals surface area contributed by atoms with Gasteiger partial charge < -0.3 is 25.2 Å². The third-order valence-electron chi connectivity index (χ3n) is 5.90. The minimum Gasteiger partial charge on any atom is -0.379 e. The number of morpholine rings is 1. The summed E-state index contributed by atoms with van der Waals surface area (Å²) in [5.74, 6) is 1.31. The van der Waals surface area contributed by atoms with Gasteiger partial charge in [-0.1, -0.05) is 0 Å². The summed E-state index contributed by atoms with van der Waals surface area (Å²) in [5.41, 5.74) is 1.25. The number of aliphatic imine (C=N–C) groups is 1. The first-order chi connectivity index (χ1) is 15.1. The molecule has 1 aromatic heterocycles. The van der Waals surface area contributed by atoms with Crippen LogP contribution in [-0.2, 0) is 9.53 Å². The summed E-state index contributed by atoms with van der Waals surface area (Å²) in [5, 5.41) is 6.88. The predicted octanol–water partition coefficient (Wildman–Crippen LogP) is 0.254. The molecule has 9 nitrogen and oxygen atoms in total. The summed E-state index contributed by atoms with van der Waals surface area (Å²) in [6, 6.07) is 4.15. The van der Waals surface area contributed by atoms with Gasteiger partial charge in [0.15, 0.2) is 5.96 Å². The fraction of sp³-hybridized carbons (Fsp3) is 0.682. The normalized spacial score (nSPS) is 18.6. The number of guanidine groups is 1. The van der Waals surface area contributed by atoms with Crippen LogP contribution < -0.4 is 15.5 Å². The highest BCUT2D eigenvalue weighted by molar-refractivity contribution is 5.84. The Morgan fingerprint density at radius 1 is 1.16 bits per heavy atom. The van der Waals surface area contributed by atoms with Gasteiger partial charge in [-0.3, -0.25) is 14.7 Å². The fourth-order valence-corrected chi connectivity index (χ4v) is 3.81. The number of pyridine rings is 1. The summed E-state index contributed by atoms with van der Waals surface area (Å²) in [6.07, 6.45) is 5.96. The Balaban J connectivity index is 1.44. The average Bonchev–Trinajstić information content (AvgIpc) is 2.81. The van der Waals surface area contributed by atoms with E-state index in [4.69, 9.17) is 4.74 Å². The van der Waals surface area contributed by atoms with E-state index in [0.29, 0.717) is 5.92 Å². The Morgan fingerprint density at radius 2 is 1.87 bits per heavy atom. The number of likely N-dealkylation sites (N-methyl/N-ethyl adjacent to an activating group) is 1. The molecule has 0 atom stereocenters. The predicted molar refractivity (Wildman–Crippen MR) is 123 cm³/mol. The van der Waals surface area contributed by atoms with Crippen molar-refractivity contribution in [2.75, 3.05) is 84.6 Å². The SMILES string of the molecule is CN(C)C(=O)CN=C(NCCN1CCOCC1)NCC1CCN(c2ccncc2)CC1. The summed E-state index contributed by atoms with van der Waals surface area (Å²) in [6.45, 7) is 8.39. The van der Waals surface area contributed by atoms with Crippen molar-refractivity contribution in [1.29, 1.82) is 0 Å². The number of nitrogens with zero attached hydrogens (tertiary/aromatic N) is 5. The molecule has 2 N–H and O–H groups in total. The molecule has 0 aromatic carbocycles. The molecule has 2 fully saturated rings. The van der Waals surface area contributed by atoms with Crippen LogP contribution in [0.3, 0.4) is 0 Å². The second kappa shape index (κ2) is 12.5. The van der Waals surface area contributed by atoms with Crippen molar-refractivity contribution in [3.63, 3.8) is 0 Å². The molecular weight excluding hydrogens is 394 g/mol. The van der Waals surface area contributed by atoms with Crippen LogP contribution in [0.15, 0.2) is 29.5 Å². The van der Waals surface area contributed by atoms with Gasteiger partial charge in [0.2, 0.25) is 5.91 Å². The lowest BCUT2D eigenvalue weighted by Crippen LogP contribution is -2.46. The maximum atomic E-state index is 12.0. The number of anilines is 1. The maximum Gasteiger partial charge on any atom is 0.243 e. The van der Waals surface area contributed by atoms with E-state index in [1.54, 1.807) is 19.0 Å². The highest BCUT2D eigenvalue weighted by Gasteiger charge is 2.20. The lowest BCUT2D eigenvalue weighted by atomic mass is 9.96. The van der Waals surface area contributed by atoms with Crippen LogP contribution in [0, 0.1) is 5.92 Å². The van der Waals surface area contributed by atoms with Crippen molar-refractivity contribution in [3.8, 4) is 0 Å². The van der Waals surface area contributed by atoms with E-state index >= 15 is 0 Å². The Labute approximate surface area is 185 Å². The van der Waals surface area contributed by atoms with Crippen molar-refractivity contribution in [1.82, 2.24) is 25.4 Å². The lowest BCUT2D eigenvalue weighted by molar-refractivity contribution is -0.127. The van der Waals surface area contributed by atoms with Gasteiger partial charge in [0.05, 0.1) is 13.2 Å². The van der Waals surface area contributed by atoms with Crippen LogP contribution in [0.4, 0.5) is 5.69 Å². The van der Waals surface area contributed by atoms with Gasteiger partial charge >= 0.3 is 0 Å². The van der Waals surface area contributed by atoms with Crippen LogP contribution >= 0.6 is 0 Å². The van der Waals surface area contributed by atoms with Gasteiger partial charge in [0.1, 0.15) is 6.54 Å². The van der Waals surface area contributed by atoms with Crippen LogP contribution in [0.2, 0.25) is 0 Å². The largest absolute Gasteiger partial charge is 0.379 e. The van der Waals surface area contributed by atoms with Gasteiger partial charge in [-0.05, 0) is 30.9 Å². The number of piperidine rings is 1. The first-order valence-corrected chi connectivity index (χ1v) is 11.3. The molecule has 2 saturated heterocycles. The molecule has 1 aromatic rings. The Morgan fingerprint density at radius 3 is 2.55 bits per heavy atom. The number of ether oxygens (including phenoxy) is 1. The quantitative estimate of drug-likeness (QED) is 0.451. The molecule has 0 bridgehead atoms. The topological polar surface area (TPSA) is 85.3 Å². The second-order valence-electron chi connectivity index (χ2n) is 8.35. The second-order valence-corrected chi connectivity index (χ2v) is 8.35. The van der Waals surface area contributed by atoms with E-state index in [2.05, 4.69) is 42.5 Å². The van der Waals surface area contributed by atoms with Crippen LogP contribution in [-0.4, -0.2) is 106 Å². The van der Waals surface area contributed by atoms with Crippen LogP contribution in [0.25, 0.3) is 0 Å². The molecule has 0 radical (unpaired) electrons. The summed E-state index contributed by atoms with van der Waals surface area (Å²) in [7, 11) is 3.51. The molecule has 172 valence electrons. The minimum atomic E-state index is -0.0000571. The number of carbonyl (C=O) groups is 1. The first-order valence-electron chi connectivity index (χ1n) is 11.3. The number of hydrogen-bond acceptors (Lipinski definition) is 6. The van der Waals surface area contributed by atoms with Gasteiger partial charge in [-0.2, -0.15) is 0 Å². The smallest absolute Gasteiger partial charge is 0.243 e. The molecule has 2 aliphatic heterocycles. The van der Waals surface area contributed by atoms with Gasteiger partial charge in [0, 0.05) is 78.0 Å². The zero-order valence-corrected chi connectivity index (χ0v) is 18.9. The number of amides is 1. The van der Waals surface area contributed by atoms with E-state index in [0.717, 1.165) is 77.8 Å². The highest BCUT2D eigenvalue weighted by atomic mass is 16.5. The van der Waals surface area contributed by atoms with Crippen molar-refractivity contribution in [2.24, 2.45) is 10.9 Å². The number of aromatic nitrogens is 1. The third kappa shape index (κ3) is 7.99. The maximum absolute atomic E-state index is 12.0. The molecular formula is C22H37N7O2. The molecule has 31 heavy (non-hydrogen) atoms. The molecule has 2 aliphatic rings. The average molecular weight is 432 g/mol. The van der Waals surface area contributed by atoms with Gasteiger partial charge in [-0.15, -0.1) is 0 Å². The fourth-order valence-electron chi connectivity index (χ4n) is 3.81. The molecule has 9 heteroatoms.